The fraction of sp³-hybridized carbons (Fsp3) is 0.364. The van der Waals surface area contributed by atoms with Gasteiger partial charge in [0.15, 0.2) is 0 Å². The summed E-state index contributed by atoms with van der Waals surface area (Å²) < 4.78 is 2.06. The Kier molecular flexibility index (Phi) is 5.69. The summed E-state index contributed by atoms with van der Waals surface area (Å²) in [5.41, 5.74) is 3.20. The molecule has 1 aromatic carbocycles. The van der Waals surface area contributed by atoms with Crippen LogP contribution in [0.3, 0.4) is 0 Å². The number of hydrogen-bond donors (Lipinski definition) is 1. The predicted octanol–water partition coefficient (Wildman–Crippen LogP) is 2.16. The standard InChI is InChI=1S/C22H27N5O/c1-18(22(28)23-15-19-7-3-2-4-8-19)26-13-11-25(12-14-26)16-20-17-27-10-6-5-9-21(27)24-20/h2-10,17-18H,11-16H2,1H3,(H,23,28). The number of pyridine rings is 1. The molecule has 0 saturated carbocycles. The highest BCUT2D eigenvalue weighted by molar-refractivity contribution is 5.81. The molecule has 1 aliphatic rings. The molecule has 0 bridgehead atoms. The van der Waals surface area contributed by atoms with Crippen LogP contribution in [-0.2, 0) is 17.9 Å². The lowest BCUT2D eigenvalue weighted by Crippen LogP contribution is -2.53. The molecule has 6 heteroatoms. The number of piperazine rings is 1. The fourth-order valence-corrected chi connectivity index (χ4v) is 3.70. The van der Waals surface area contributed by atoms with Crippen molar-refractivity contribution < 1.29 is 4.79 Å². The quantitative estimate of drug-likeness (QED) is 0.715. The van der Waals surface area contributed by atoms with Crippen LogP contribution in [0.1, 0.15) is 18.2 Å². The first-order valence-electron chi connectivity index (χ1n) is 9.90. The molecular formula is C22H27N5O. The molecule has 146 valence electrons. The van der Waals surface area contributed by atoms with Crippen LogP contribution in [0.4, 0.5) is 0 Å². The molecule has 28 heavy (non-hydrogen) atoms. The molecule has 1 aliphatic heterocycles. The number of carbonyl (C=O) groups is 1. The minimum absolute atomic E-state index is 0.0950. The van der Waals surface area contributed by atoms with Crippen LogP contribution in [0.2, 0.25) is 0 Å². The van der Waals surface area contributed by atoms with E-state index in [1.807, 2.05) is 61.7 Å². The molecule has 1 unspecified atom stereocenters. The van der Waals surface area contributed by atoms with Crippen molar-refractivity contribution >= 4 is 11.6 Å². The van der Waals surface area contributed by atoms with Gasteiger partial charge < -0.3 is 9.72 Å². The first kappa shape index (κ1) is 18.7. The molecule has 0 radical (unpaired) electrons. The van der Waals surface area contributed by atoms with Gasteiger partial charge in [-0.05, 0) is 24.6 Å². The van der Waals surface area contributed by atoms with E-state index < -0.39 is 0 Å². The third-order valence-corrected chi connectivity index (χ3v) is 5.44. The second-order valence-corrected chi connectivity index (χ2v) is 7.39. The summed E-state index contributed by atoms with van der Waals surface area (Å²) in [6.45, 7) is 7.12. The predicted molar refractivity (Wildman–Crippen MR) is 110 cm³/mol. The molecular weight excluding hydrogens is 350 g/mol. The van der Waals surface area contributed by atoms with Gasteiger partial charge in [-0.15, -0.1) is 0 Å². The summed E-state index contributed by atoms with van der Waals surface area (Å²) in [5.74, 6) is 0.0950. The second-order valence-electron chi connectivity index (χ2n) is 7.39. The van der Waals surface area contributed by atoms with Crippen molar-refractivity contribution in [1.29, 1.82) is 0 Å². The third-order valence-electron chi connectivity index (χ3n) is 5.44. The van der Waals surface area contributed by atoms with Crippen LogP contribution in [0.5, 0.6) is 0 Å². The first-order valence-corrected chi connectivity index (χ1v) is 9.90. The van der Waals surface area contributed by atoms with E-state index >= 15 is 0 Å². The summed E-state index contributed by atoms with van der Waals surface area (Å²) in [7, 11) is 0. The van der Waals surface area contributed by atoms with E-state index in [-0.39, 0.29) is 11.9 Å². The van der Waals surface area contributed by atoms with Gasteiger partial charge in [-0.1, -0.05) is 36.4 Å². The van der Waals surface area contributed by atoms with E-state index in [0.717, 1.165) is 49.6 Å². The van der Waals surface area contributed by atoms with E-state index in [2.05, 4.69) is 30.7 Å². The van der Waals surface area contributed by atoms with E-state index in [0.29, 0.717) is 6.54 Å². The molecule has 1 atom stereocenters. The number of rotatable bonds is 6. The number of hydrogen-bond acceptors (Lipinski definition) is 4. The maximum atomic E-state index is 12.5. The van der Waals surface area contributed by atoms with Gasteiger partial charge in [-0.2, -0.15) is 0 Å². The summed E-state index contributed by atoms with van der Waals surface area (Å²) in [5, 5.41) is 3.05. The third kappa shape index (κ3) is 4.40. The molecule has 3 heterocycles. The Balaban J connectivity index is 1.25. The lowest BCUT2D eigenvalue weighted by Gasteiger charge is -2.37. The van der Waals surface area contributed by atoms with Gasteiger partial charge in [0.1, 0.15) is 5.65 Å². The second kappa shape index (κ2) is 8.54. The number of fused-ring (bicyclic) bond motifs is 1. The maximum absolute atomic E-state index is 12.5. The average Bonchev–Trinajstić information content (AvgIpc) is 3.15. The normalized spacial score (nSPS) is 16.9. The van der Waals surface area contributed by atoms with Gasteiger partial charge in [0.25, 0.3) is 0 Å². The van der Waals surface area contributed by atoms with Crippen molar-refractivity contribution in [1.82, 2.24) is 24.5 Å². The van der Waals surface area contributed by atoms with Crippen molar-refractivity contribution in [3.8, 4) is 0 Å². The number of carbonyl (C=O) groups excluding carboxylic acids is 1. The molecule has 4 rings (SSSR count). The van der Waals surface area contributed by atoms with Gasteiger partial charge in [-0.3, -0.25) is 14.6 Å². The number of nitrogens with zero attached hydrogens (tertiary/aromatic N) is 4. The van der Waals surface area contributed by atoms with E-state index in [9.17, 15) is 4.79 Å². The smallest absolute Gasteiger partial charge is 0.237 e. The Bertz CT molecular complexity index is 882. The van der Waals surface area contributed by atoms with Crippen LogP contribution < -0.4 is 5.32 Å². The highest BCUT2D eigenvalue weighted by Gasteiger charge is 2.25. The van der Waals surface area contributed by atoms with Crippen LogP contribution in [0.25, 0.3) is 5.65 Å². The first-order chi connectivity index (χ1) is 13.7. The number of nitrogens with one attached hydrogen (secondary N) is 1. The zero-order chi connectivity index (χ0) is 19.3. The van der Waals surface area contributed by atoms with Crippen LogP contribution >= 0.6 is 0 Å². The Morgan fingerprint density at radius 2 is 1.82 bits per heavy atom. The zero-order valence-electron chi connectivity index (χ0n) is 16.3. The average molecular weight is 377 g/mol. The summed E-state index contributed by atoms with van der Waals surface area (Å²) in [6, 6.07) is 16.0. The minimum atomic E-state index is -0.110. The number of imidazole rings is 1. The Morgan fingerprint density at radius 1 is 1.07 bits per heavy atom. The van der Waals surface area contributed by atoms with Crippen LogP contribution in [0.15, 0.2) is 60.9 Å². The van der Waals surface area contributed by atoms with Gasteiger partial charge in [-0.25, -0.2) is 4.98 Å². The Hall–Kier alpha value is -2.70. The van der Waals surface area contributed by atoms with Crippen molar-refractivity contribution in [2.45, 2.75) is 26.1 Å². The summed E-state index contributed by atoms with van der Waals surface area (Å²) >= 11 is 0. The molecule has 1 N–H and O–H groups in total. The van der Waals surface area contributed by atoms with Crippen molar-refractivity contribution in [2.75, 3.05) is 26.2 Å². The van der Waals surface area contributed by atoms with E-state index in [1.165, 1.54) is 0 Å². The maximum Gasteiger partial charge on any atom is 0.237 e. The van der Waals surface area contributed by atoms with Gasteiger partial charge >= 0.3 is 0 Å². The monoisotopic (exact) mass is 377 g/mol. The molecule has 1 amide bonds. The fourth-order valence-electron chi connectivity index (χ4n) is 3.70. The summed E-state index contributed by atoms with van der Waals surface area (Å²) in [6.07, 6.45) is 4.13. The molecule has 0 spiro atoms. The number of amides is 1. The molecule has 3 aromatic rings. The number of aromatic nitrogens is 2. The summed E-state index contributed by atoms with van der Waals surface area (Å²) in [4.78, 5) is 21.9. The molecule has 1 fully saturated rings. The van der Waals surface area contributed by atoms with Crippen molar-refractivity contribution in [2.24, 2.45) is 0 Å². The molecule has 2 aromatic heterocycles. The van der Waals surface area contributed by atoms with E-state index in [1.54, 1.807) is 0 Å². The topological polar surface area (TPSA) is 52.9 Å². The lowest BCUT2D eigenvalue weighted by molar-refractivity contribution is -0.126. The SMILES string of the molecule is CC(C(=O)NCc1ccccc1)N1CCN(Cc2cn3ccccc3n2)CC1. The Morgan fingerprint density at radius 3 is 2.57 bits per heavy atom. The molecule has 0 aliphatic carbocycles. The van der Waals surface area contributed by atoms with Gasteiger partial charge in [0, 0.05) is 51.7 Å². The van der Waals surface area contributed by atoms with E-state index in [4.69, 9.17) is 0 Å². The van der Waals surface area contributed by atoms with Gasteiger partial charge in [0.2, 0.25) is 5.91 Å². The number of benzene rings is 1. The van der Waals surface area contributed by atoms with Crippen molar-refractivity contribution in [3.05, 3.63) is 72.2 Å². The molecule has 1 saturated heterocycles. The van der Waals surface area contributed by atoms with Crippen LogP contribution in [-0.4, -0.2) is 57.3 Å². The van der Waals surface area contributed by atoms with Gasteiger partial charge in [0.05, 0.1) is 11.7 Å². The largest absolute Gasteiger partial charge is 0.351 e. The van der Waals surface area contributed by atoms with Crippen molar-refractivity contribution in [3.63, 3.8) is 0 Å². The lowest BCUT2D eigenvalue weighted by atomic mass is 10.2. The Labute approximate surface area is 165 Å². The minimum Gasteiger partial charge on any atom is -0.351 e. The molecule has 6 nitrogen and oxygen atoms in total. The highest BCUT2D eigenvalue weighted by atomic mass is 16.2. The highest BCUT2D eigenvalue weighted by Crippen LogP contribution is 2.12. The van der Waals surface area contributed by atoms with Crippen LogP contribution in [0, 0.1) is 0 Å². The zero-order valence-corrected chi connectivity index (χ0v) is 16.3.